The van der Waals surface area contributed by atoms with E-state index in [2.05, 4.69) is 10.6 Å². The Hall–Kier alpha value is -1.75. The monoisotopic (exact) mass is 294 g/mol. The molecule has 0 fully saturated rings. The van der Waals surface area contributed by atoms with Crippen LogP contribution in [0.2, 0.25) is 0 Å². The van der Waals surface area contributed by atoms with E-state index in [0.717, 1.165) is 12.0 Å². The SMILES string of the molecule is CCCOc1cc(C)ccc1NC(=O)NC(C)(C)CCO. The van der Waals surface area contributed by atoms with Crippen LogP contribution >= 0.6 is 0 Å². The molecule has 3 N–H and O–H groups in total. The minimum atomic E-state index is -0.464. The standard InChI is InChI=1S/C16H26N2O3/c1-5-10-21-14-11-12(2)6-7-13(14)17-15(20)18-16(3,4)8-9-19/h6-7,11,19H,5,8-10H2,1-4H3,(H2,17,18,20). The maximum Gasteiger partial charge on any atom is 0.319 e. The third-order valence-corrected chi connectivity index (χ3v) is 3.04. The van der Waals surface area contributed by atoms with Gasteiger partial charge in [0.25, 0.3) is 0 Å². The minimum absolute atomic E-state index is 0.0304. The molecule has 0 aliphatic heterocycles. The number of anilines is 1. The number of nitrogens with one attached hydrogen (secondary N) is 2. The first-order valence-corrected chi connectivity index (χ1v) is 7.31. The number of aryl methyl sites for hydroxylation is 1. The van der Waals surface area contributed by atoms with Gasteiger partial charge in [0.15, 0.2) is 0 Å². The number of urea groups is 1. The summed E-state index contributed by atoms with van der Waals surface area (Å²) in [6.07, 6.45) is 1.40. The summed E-state index contributed by atoms with van der Waals surface area (Å²) < 4.78 is 5.66. The summed E-state index contributed by atoms with van der Waals surface area (Å²) in [6.45, 7) is 8.39. The quantitative estimate of drug-likeness (QED) is 0.724. The fraction of sp³-hybridized carbons (Fsp3) is 0.562. The number of amides is 2. The number of carbonyl (C=O) groups is 1. The molecule has 0 unspecified atom stereocenters. The van der Waals surface area contributed by atoms with Crippen LogP contribution in [0.15, 0.2) is 18.2 Å². The summed E-state index contributed by atoms with van der Waals surface area (Å²) in [5.74, 6) is 0.673. The average Bonchev–Trinajstić information content (AvgIpc) is 2.38. The van der Waals surface area contributed by atoms with Crippen LogP contribution in [0, 0.1) is 6.92 Å². The maximum atomic E-state index is 12.1. The van der Waals surface area contributed by atoms with Gasteiger partial charge in [0.05, 0.1) is 12.3 Å². The van der Waals surface area contributed by atoms with E-state index >= 15 is 0 Å². The number of benzene rings is 1. The Morgan fingerprint density at radius 3 is 2.71 bits per heavy atom. The number of hydrogen-bond acceptors (Lipinski definition) is 3. The zero-order valence-electron chi connectivity index (χ0n) is 13.3. The van der Waals surface area contributed by atoms with Gasteiger partial charge in [-0.1, -0.05) is 13.0 Å². The van der Waals surface area contributed by atoms with Crippen LogP contribution in [0.4, 0.5) is 10.5 Å². The van der Waals surface area contributed by atoms with E-state index in [9.17, 15) is 4.79 Å². The summed E-state index contributed by atoms with van der Waals surface area (Å²) in [5.41, 5.74) is 1.26. The van der Waals surface area contributed by atoms with Crippen molar-refractivity contribution in [3.8, 4) is 5.75 Å². The summed E-state index contributed by atoms with van der Waals surface area (Å²) in [7, 11) is 0. The maximum absolute atomic E-state index is 12.1. The molecule has 0 aromatic heterocycles. The third-order valence-electron chi connectivity index (χ3n) is 3.04. The predicted octanol–water partition coefficient (Wildman–Crippen LogP) is 3.07. The van der Waals surface area contributed by atoms with E-state index in [1.165, 1.54) is 0 Å². The topological polar surface area (TPSA) is 70.6 Å². The number of ether oxygens (including phenoxy) is 1. The normalized spacial score (nSPS) is 11.1. The molecule has 0 aliphatic rings. The first-order chi connectivity index (χ1) is 9.88. The predicted molar refractivity (Wildman–Crippen MR) is 84.9 cm³/mol. The number of aliphatic hydroxyl groups is 1. The molecule has 1 aromatic carbocycles. The van der Waals surface area contributed by atoms with Gasteiger partial charge in [-0.05, 0) is 51.3 Å². The Morgan fingerprint density at radius 2 is 2.10 bits per heavy atom. The molecule has 0 heterocycles. The lowest BCUT2D eigenvalue weighted by Crippen LogP contribution is -2.46. The van der Waals surface area contributed by atoms with Crippen molar-refractivity contribution in [1.82, 2.24) is 5.32 Å². The Morgan fingerprint density at radius 1 is 1.38 bits per heavy atom. The fourth-order valence-electron chi connectivity index (χ4n) is 1.87. The van der Waals surface area contributed by atoms with Crippen molar-refractivity contribution >= 4 is 11.7 Å². The molecule has 5 nitrogen and oxygen atoms in total. The zero-order chi connectivity index (χ0) is 15.9. The van der Waals surface area contributed by atoms with Gasteiger partial charge in [-0.25, -0.2) is 4.79 Å². The van der Waals surface area contributed by atoms with E-state index in [4.69, 9.17) is 9.84 Å². The molecule has 0 saturated heterocycles. The van der Waals surface area contributed by atoms with E-state index in [-0.39, 0.29) is 12.6 Å². The van der Waals surface area contributed by atoms with Gasteiger partial charge in [-0.15, -0.1) is 0 Å². The van der Waals surface area contributed by atoms with Crippen molar-refractivity contribution in [2.45, 2.75) is 46.1 Å². The number of rotatable bonds is 7. The minimum Gasteiger partial charge on any atom is -0.491 e. The molecule has 1 rings (SSSR count). The van der Waals surface area contributed by atoms with E-state index in [1.807, 2.05) is 45.9 Å². The second kappa shape index (κ2) is 7.88. The highest BCUT2D eigenvalue weighted by Crippen LogP contribution is 2.26. The Labute approximate surface area is 126 Å². The molecule has 0 saturated carbocycles. The highest BCUT2D eigenvalue weighted by molar-refractivity contribution is 5.91. The Balaban J connectivity index is 2.75. The Bertz CT molecular complexity index is 473. The number of hydrogen-bond donors (Lipinski definition) is 3. The average molecular weight is 294 g/mol. The molecule has 0 atom stereocenters. The highest BCUT2D eigenvalue weighted by atomic mass is 16.5. The first kappa shape index (κ1) is 17.3. The van der Waals surface area contributed by atoms with Crippen molar-refractivity contribution in [2.75, 3.05) is 18.5 Å². The fourth-order valence-corrected chi connectivity index (χ4v) is 1.87. The smallest absolute Gasteiger partial charge is 0.319 e. The van der Waals surface area contributed by atoms with Crippen LogP contribution < -0.4 is 15.4 Å². The first-order valence-electron chi connectivity index (χ1n) is 7.31. The second-order valence-corrected chi connectivity index (χ2v) is 5.78. The van der Waals surface area contributed by atoms with Crippen LogP contribution in [0.5, 0.6) is 5.75 Å². The molecular formula is C16H26N2O3. The van der Waals surface area contributed by atoms with Crippen molar-refractivity contribution in [3.63, 3.8) is 0 Å². The van der Waals surface area contributed by atoms with E-state index in [0.29, 0.717) is 24.5 Å². The summed E-state index contributed by atoms with van der Waals surface area (Å²) in [4.78, 5) is 12.1. The molecule has 5 heteroatoms. The van der Waals surface area contributed by atoms with Crippen LogP contribution in [0.25, 0.3) is 0 Å². The molecule has 1 aromatic rings. The largest absolute Gasteiger partial charge is 0.491 e. The second-order valence-electron chi connectivity index (χ2n) is 5.78. The lowest BCUT2D eigenvalue weighted by atomic mass is 10.0. The lowest BCUT2D eigenvalue weighted by molar-refractivity contribution is 0.218. The molecule has 0 spiro atoms. The van der Waals surface area contributed by atoms with Gasteiger partial charge in [-0.2, -0.15) is 0 Å². The summed E-state index contributed by atoms with van der Waals surface area (Å²) in [6, 6.07) is 5.36. The van der Waals surface area contributed by atoms with Gasteiger partial charge in [0.1, 0.15) is 5.75 Å². The molecule has 118 valence electrons. The lowest BCUT2D eigenvalue weighted by Gasteiger charge is -2.25. The number of aliphatic hydroxyl groups excluding tert-OH is 1. The van der Waals surface area contributed by atoms with Gasteiger partial charge < -0.3 is 20.5 Å². The van der Waals surface area contributed by atoms with Gasteiger partial charge in [-0.3, -0.25) is 0 Å². The Kier molecular flexibility index (Phi) is 6.49. The van der Waals surface area contributed by atoms with E-state index in [1.54, 1.807) is 0 Å². The summed E-state index contributed by atoms with van der Waals surface area (Å²) >= 11 is 0. The van der Waals surface area contributed by atoms with Crippen molar-refractivity contribution < 1.29 is 14.6 Å². The van der Waals surface area contributed by atoms with Crippen molar-refractivity contribution in [1.29, 1.82) is 0 Å². The van der Waals surface area contributed by atoms with Gasteiger partial charge >= 0.3 is 6.03 Å². The zero-order valence-corrected chi connectivity index (χ0v) is 13.3. The van der Waals surface area contributed by atoms with Crippen LogP contribution in [-0.2, 0) is 0 Å². The van der Waals surface area contributed by atoms with Crippen molar-refractivity contribution in [2.24, 2.45) is 0 Å². The molecule has 0 aliphatic carbocycles. The summed E-state index contributed by atoms with van der Waals surface area (Å²) in [5, 5.41) is 14.6. The molecule has 0 bridgehead atoms. The third kappa shape index (κ3) is 6.04. The van der Waals surface area contributed by atoms with Crippen LogP contribution in [0.3, 0.4) is 0 Å². The van der Waals surface area contributed by atoms with Crippen LogP contribution in [-0.4, -0.2) is 29.9 Å². The van der Waals surface area contributed by atoms with Crippen molar-refractivity contribution in [3.05, 3.63) is 23.8 Å². The van der Waals surface area contributed by atoms with E-state index < -0.39 is 5.54 Å². The van der Waals surface area contributed by atoms with Gasteiger partial charge in [0, 0.05) is 12.1 Å². The number of carbonyl (C=O) groups excluding carboxylic acids is 1. The molecule has 0 radical (unpaired) electrons. The van der Waals surface area contributed by atoms with Gasteiger partial charge in [0.2, 0.25) is 0 Å². The highest BCUT2D eigenvalue weighted by Gasteiger charge is 2.20. The molecule has 2 amide bonds. The molecule has 21 heavy (non-hydrogen) atoms. The van der Waals surface area contributed by atoms with Crippen LogP contribution in [0.1, 0.15) is 39.2 Å². The molecular weight excluding hydrogens is 268 g/mol.